The van der Waals surface area contributed by atoms with Crippen LogP contribution in [0.4, 0.5) is 10.5 Å². The van der Waals surface area contributed by atoms with Crippen molar-refractivity contribution >= 4 is 29.2 Å². The van der Waals surface area contributed by atoms with E-state index in [4.69, 9.17) is 11.6 Å². The van der Waals surface area contributed by atoms with Crippen molar-refractivity contribution in [1.82, 2.24) is 10.2 Å². The van der Waals surface area contributed by atoms with Gasteiger partial charge in [0, 0.05) is 31.4 Å². The summed E-state index contributed by atoms with van der Waals surface area (Å²) in [6, 6.07) is 14.2. The first-order valence-electron chi connectivity index (χ1n) is 7.53. The molecule has 0 bridgehead atoms. The molecule has 0 saturated carbocycles. The fourth-order valence-electron chi connectivity index (χ4n) is 2.07. The molecule has 0 fully saturated rings. The second-order valence-corrected chi connectivity index (χ2v) is 5.99. The monoisotopic (exact) mass is 345 g/mol. The van der Waals surface area contributed by atoms with E-state index in [1.165, 1.54) is 4.90 Å². The van der Waals surface area contributed by atoms with Crippen LogP contribution in [0.1, 0.15) is 11.1 Å². The van der Waals surface area contributed by atoms with Crippen LogP contribution in [0.3, 0.4) is 0 Å². The molecule has 0 aliphatic rings. The SMILES string of the molecule is CN(C)C(=O)Cc1ccccc1NC(=O)NCc1ccc(Cl)cc1. The highest BCUT2D eigenvalue weighted by atomic mass is 35.5. The molecule has 5 nitrogen and oxygen atoms in total. The van der Waals surface area contributed by atoms with Crippen molar-refractivity contribution in [2.45, 2.75) is 13.0 Å². The van der Waals surface area contributed by atoms with Crippen molar-refractivity contribution in [2.24, 2.45) is 0 Å². The molecular formula is C18H20ClN3O2. The van der Waals surface area contributed by atoms with Gasteiger partial charge in [-0.25, -0.2) is 4.79 Å². The number of urea groups is 1. The highest BCUT2D eigenvalue weighted by Crippen LogP contribution is 2.16. The number of benzene rings is 2. The molecule has 6 heteroatoms. The molecule has 2 N–H and O–H groups in total. The number of nitrogens with one attached hydrogen (secondary N) is 2. The summed E-state index contributed by atoms with van der Waals surface area (Å²) in [6.07, 6.45) is 0.237. The molecule has 0 unspecified atom stereocenters. The third-order valence-electron chi connectivity index (χ3n) is 3.47. The first-order chi connectivity index (χ1) is 11.5. The molecule has 0 heterocycles. The Morgan fingerprint density at radius 2 is 1.71 bits per heavy atom. The van der Waals surface area contributed by atoms with E-state index in [1.54, 1.807) is 32.3 Å². The lowest BCUT2D eigenvalue weighted by molar-refractivity contribution is -0.127. The topological polar surface area (TPSA) is 61.4 Å². The Balaban J connectivity index is 1.96. The van der Waals surface area contributed by atoms with Crippen LogP contribution in [0.5, 0.6) is 0 Å². The number of likely N-dealkylation sites (N-methyl/N-ethyl adjacent to an activating group) is 1. The van der Waals surface area contributed by atoms with Gasteiger partial charge < -0.3 is 15.5 Å². The maximum absolute atomic E-state index is 12.1. The van der Waals surface area contributed by atoms with E-state index in [9.17, 15) is 9.59 Å². The van der Waals surface area contributed by atoms with Gasteiger partial charge in [-0.1, -0.05) is 41.9 Å². The molecular weight excluding hydrogens is 326 g/mol. The van der Waals surface area contributed by atoms with Gasteiger partial charge in [0.1, 0.15) is 0 Å². The van der Waals surface area contributed by atoms with Gasteiger partial charge in [0.2, 0.25) is 5.91 Å². The number of halogens is 1. The van der Waals surface area contributed by atoms with E-state index in [-0.39, 0.29) is 18.4 Å². The smallest absolute Gasteiger partial charge is 0.319 e. The largest absolute Gasteiger partial charge is 0.349 e. The van der Waals surface area contributed by atoms with E-state index in [1.807, 2.05) is 30.3 Å². The third-order valence-corrected chi connectivity index (χ3v) is 3.72. The standard InChI is InChI=1S/C18H20ClN3O2/c1-22(2)17(23)11-14-5-3-4-6-16(14)21-18(24)20-12-13-7-9-15(19)10-8-13/h3-10H,11-12H2,1-2H3,(H2,20,21,24). The van der Waals surface area contributed by atoms with Gasteiger partial charge in [0.25, 0.3) is 0 Å². The molecule has 0 aliphatic heterocycles. The highest BCUT2D eigenvalue weighted by molar-refractivity contribution is 6.30. The molecule has 0 aromatic heterocycles. The first-order valence-corrected chi connectivity index (χ1v) is 7.91. The molecule has 0 spiro atoms. The van der Waals surface area contributed by atoms with Gasteiger partial charge in [-0.2, -0.15) is 0 Å². The maximum Gasteiger partial charge on any atom is 0.319 e. The third kappa shape index (κ3) is 5.28. The Kier molecular flexibility index (Phi) is 6.21. The summed E-state index contributed by atoms with van der Waals surface area (Å²) in [4.78, 5) is 25.5. The van der Waals surface area contributed by atoms with Gasteiger partial charge in [-0.3, -0.25) is 4.79 Å². The summed E-state index contributed by atoms with van der Waals surface area (Å²) < 4.78 is 0. The van der Waals surface area contributed by atoms with Gasteiger partial charge in [0.15, 0.2) is 0 Å². The van der Waals surface area contributed by atoms with Gasteiger partial charge >= 0.3 is 6.03 Å². The minimum Gasteiger partial charge on any atom is -0.349 e. The second-order valence-electron chi connectivity index (χ2n) is 5.56. The molecule has 24 heavy (non-hydrogen) atoms. The zero-order chi connectivity index (χ0) is 17.5. The molecule has 0 atom stereocenters. The van der Waals surface area contributed by atoms with Crippen LogP contribution in [0.25, 0.3) is 0 Å². The molecule has 0 aliphatic carbocycles. The summed E-state index contributed by atoms with van der Waals surface area (Å²) in [7, 11) is 3.41. The number of hydrogen-bond acceptors (Lipinski definition) is 2. The molecule has 0 radical (unpaired) electrons. The van der Waals surface area contributed by atoms with Crippen molar-refractivity contribution in [3.8, 4) is 0 Å². The van der Waals surface area contributed by atoms with E-state index in [0.717, 1.165) is 11.1 Å². The second kappa shape index (κ2) is 8.36. The number of amides is 3. The zero-order valence-electron chi connectivity index (χ0n) is 13.7. The Hall–Kier alpha value is -2.53. The predicted octanol–water partition coefficient (Wildman–Crippen LogP) is 3.29. The average molecular weight is 346 g/mol. The number of carbonyl (C=O) groups is 2. The lowest BCUT2D eigenvalue weighted by Gasteiger charge is -2.14. The van der Waals surface area contributed by atoms with Crippen LogP contribution >= 0.6 is 11.6 Å². The van der Waals surface area contributed by atoms with Crippen molar-refractivity contribution < 1.29 is 9.59 Å². The Labute approximate surface area is 146 Å². The van der Waals surface area contributed by atoms with Crippen LogP contribution in [0.15, 0.2) is 48.5 Å². The molecule has 3 amide bonds. The quantitative estimate of drug-likeness (QED) is 0.873. The number of hydrogen-bond donors (Lipinski definition) is 2. The normalized spacial score (nSPS) is 10.1. The molecule has 2 rings (SSSR count). The molecule has 2 aromatic rings. The predicted molar refractivity (Wildman–Crippen MR) is 96.2 cm³/mol. The fourth-order valence-corrected chi connectivity index (χ4v) is 2.19. The van der Waals surface area contributed by atoms with Crippen LogP contribution in [-0.2, 0) is 17.8 Å². The van der Waals surface area contributed by atoms with E-state index in [0.29, 0.717) is 17.3 Å². The van der Waals surface area contributed by atoms with Crippen LogP contribution in [0, 0.1) is 0 Å². The summed E-state index contributed by atoms with van der Waals surface area (Å²) in [5, 5.41) is 6.23. The van der Waals surface area contributed by atoms with Crippen LogP contribution < -0.4 is 10.6 Å². The lowest BCUT2D eigenvalue weighted by atomic mass is 10.1. The fraction of sp³-hybridized carbons (Fsp3) is 0.222. The van der Waals surface area contributed by atoms with E-state index in [2.05, 4.69) is 10.6 Å². The zero-order valence-corrected chi connectivity index (χ0v) is 14.4. The van der Waals surface area contributed by atoms with Crippen LogP contribution in [-0.4, -0.2) is 30.9 Å². The Morgan fingerprint density at radius 1 is 1.04 bits per heavy atom. The summed E-state index contributed by atoms with van der Waals surface area (Å²) in [5.41, 5.74) is 2.35. The average Bonchev–Trinajstić information content (AvgIpc) is 2.56. The Bertz CT molecular complexity index is 714. The van der Waals surface area contributed by atoms with Crippen molar-refractivity contribution in [3.05, 3.63) is 64.7 Å². The van der Waals surface area contributed by atoms with Gasteiger partial charge in [-0.15, -0.1) is 0 Å². The minimum atomic E-state index is -0.324. The minimum absolute atomic E-state index is 0.0224. The first kappa shape index (κ1) is 17.8. The number of carbonyl (C=O) groups excluding carboxylic acids is 2. The van der Waals surface area contributed by atoms with Crippen LogP contribution in [0.2, 0.25) is 5.02 Å². The number of nitrogens with zero attached hydrogens (tertiary/aromatic N) is 1. The molecule has 126 valence electrons. The Morgan fingerprint density at radius 3 is 2.38 bits per heavy atom. The molecule has 0 saturated heterocycles. The number of para-hydroxylation sites is 1. The van der Waals surface area contributed by atoms with Gasteiger partial charge in [-0.05, 0) is 29.3 Å². The van der Waals surface area contributed by atoms with E-state index >= 15 is 0 Å². The summed E-state index contributed by atoms with van der Waals surface area (Å²) in [5.74, 6) is -0.0224. The van der Waals surface area contributed by atoms with E-state index < -0.39 is 0 Å². The van der Waals surface area contributed by atoms with Crippen molar-refractivity contribution in [1.29, 1.82) is 0 Å². The maximum atomic E-state index is 12.1. The lowest BCUT2D eigenvalue weighted by Crippen LogP contribution is -2.29. The molecule has 2 aromatic carbocycles. The van der Waals surface area contributed by atoms with Crippen molar-refractivity contribution in [2.75, 3.05) is 19.4 Å². The highest BCUT2D eigenvalue weighted by Gasteiger charge is 2.11. The summed E-state index contributed by atoms with van der Waals surface area (Å²) >= 11 is 5.83. The van der Waals surface area contributed by atoms with Gasteiger partial charge in [0.05, 0.1) is 6.42 Å². The number of anilines is 1. The van der Waals surface area contributed by atoms with Crippen molar-refractivity contribution in [3.63, 3.8) is 0 Å². The summed E-state index contributed by atoms with van der Waals surface area (Å²) in [6.45, 7) is 0.391. The number of rotatable bonds is 5.